The average Bonchev–Trinajstić information content (AvgIpc) is 2.45. The number of piperazine rings is 1. The number of nitrogens with zero attached hydrogens (tertiary/aromatic N) is 2. The molecule has 0 bridgehead atoms. The third kappa shape index (κ3) is 4.35. The molecule has 1 aromatic rings. The van der Waals surface area contributed by atoms with Crippen LogP contribution >= 0.6 is 11.6 Å². The molecule has 21 heavy (non-hydrogen) atoms. The van der Waals surface area contributed by atoms with E-state index >= 15 is 0 Å². The highest BCUT2D eigenvalue weighted by atomic mass is 35.5. The van der Waals surface area contributed by atoms with Crippen molar-refractivity contribution < 1.29 is 0 Å². The largest absolute Gasteiger partial charge is 0.368 e. The fourth-order valence-corrected chi connectivity index (χ4v) is 3.20. The van der Waals surface area contributed by atoms with Crippen LogP contribution in [0.15, 0.2) is 18.2 Å². The van der Waals surface area contributed by atoms with E-state index in [0.717, 1.165) is 37.7 Å². The van der Waals surface area contributed by atoms with Gasteiger partial charge in [-0.2, -0.15) is 0 Å². The van der Waals surface area contributed by atoms with Crippen LogP contribution in [0.5, 0.6) is 0 Å². The zero-order valence-electron chi connectivity index (χ0n) is 13.7. The fraction of sp³-hybridized carbons (Fsp3) is 0.647. The Morgan fingerprint density at radius 1 is 1.33 bits per heavy atom. The Hall–Kier alpha value is -0.770. The molecule has 0 spiro atoms. The van der Waals surface area contributed by atoms with Gasteiger partial charge in [-0.1, -0.05) is 32.4 Å². The van der Waals surface area contributed by atoms with Crippen LogP contribution in [0.3, 0.4) is 0 Å². The number of likely N-dealkylation sites (N-methyl/N-ethyl adjacent to an activating group) is 1. The zero-order chi connectivity index (χ0) is 15.4. The van der Waals surface area contributed by atoms with E-state index < -0.39 is 0 Å². The molecule has 1 aliphatic rings. The summed E-state index contributed by atoms with van der Waals surface area (Å²) < 4.78 is 0. The molecule has 1 saturated heterocycles. The monoisotopic (exact) mass is 309 g/mol. The average molecular weight is 310 g/mol. The summed E-state index contributed by atoms with van der Waals surface area (Å²) >= 11 is 6.19. The third-order valence-corrected chi connectivity index (χ3v) is 4.49. The van der Waals surface area contributed by atoms with Crippen molar-refractivity contribution in [2.24, 2.45) is 0 Å². The minimum atomic E-state index is 0.479. The Bertz CT molecular complexity index is 461. The lowest BCUT2D eigenvalue weighted by Gasteiger charge is -2.41. The molecule has 0 saturated carbocycles. The van der Waals surface area contributed by atoms with Gasteiger partial charge in [-0.05, 0) is 37.2 Å². The van der Waals surface area contributed by atoms with Crippen molar-refractivity contribution >= 4 is 17.3 Å². The highest BCUT2D eigenvalue weighted by Gasteiger charge is 2.23. The second-order valence-corrected chi connectivity index (χ2v) is 6.67. The van der Waals surface area contributed by atoms with E-state index in [1.54, 1.807) is 0 Å². The summed E-state index contributed by atoms with van der Waals surface area (Å²) in [5, 5.41) is 4.32. The molecule has 1 N–H and O–H groups in total. The lowest BCUT2D eigenvalue weighted by atomic mass is 10.1. The predicted octanol–water partition coefficient (Wildman–Crippen LogP) is 3.37. The van der Waals surface area contributed by atoms with E-state index in [-0.39, 0.29) is 0 Å². The van der Waals surface area contributed by atoms with Crippen LogP contribution in [-0.2, 0) is 6.54 Å². The molecule has 1 fully saturated rings. The first kappa shape index (κ1) is 16.6. The number of rotatable bonds is 5. The highest BCUT2D eigenvalue weighted by Crippen LogP contribution is 2.26. The van der Waals surface area contributed by atoms with Crippen LogP contribution in [0.2, 0.25) is 5.02 Å². The van der Waals surface area contributed by atoms with E-state index in [2.05, 4.69) is 54.9 Å². The van der Waals surface area contributed by atoms with Gasteiger partial charge in [0.2, 0.25) is 0 Å². The number of hydrogen-bond acceptors (Lipinski definition) is 3. The normalized spacial score (nSPS) is 20.3. The fourth-order valence-electron chi connectivity index (χ4n) is 3.00. The molecule has 1 aliphatic heterocycles. The zero-order valence-corrected chi connectivity index (χ0v) is 14.5. The summed E-state index contributed by atoms with van der Waals surface area (Å²) in [6.45, 7) is 14.2. The molecule has 118 valence electrons. The topological polar surface area (TPSA) is 18.5 Å². The van der Waals surface area contributed by atoms with E-state index in [1.165, 1.54) is 11.3 Å². The van der Waals surface area contributed by atoms with Gasteiger partial charge in [0.05, 0.1) is 0 Å². The minimum absolute atomic E-state index is 0.479. The molecular formula is C17H28ClN3. The Morgan fingerprint density at radius 3 is 2.71 bits per heavy atom. The number of nitrogens with one attached hydrogen (secondary N) is 1. The molecule has 1 unspecified atom stereocenters. The first-order chi connectivity index (χ1) is 10.0. The van der Waals surface area contributed by atoms with E-state index in [1.807, 2.05) is 6.07 Å². The summed E-state index contributed by atoms with van der Waals surface area (Å²) in [5.74, 6) is 0. The van der Waals surface area contributed by atoms with Gasteiger partial charge >= 0.3 is 0 Å². The van der Waals surface area contributed by atoms with Gasteiger partial charge in [0.1, 0.15) is 0 Å². The Kier molecular flexibility index (Phi) is 5.91. The summed E-state index contributed by atoms with van der Waals surface area (Å²) in [5.41, 5.74) is 2.63. The van der Waals surface area contributed by atoms with Crippen LogP contribution in [-0.4, -0.2) is 43.2 Å². The lowest BCUT2D eigenvalue weighted by Crippen LogP contribution is -2.52. The second-order valence-electron chi connectivity index (χ2n) is 6.23. The Labute approximate surface area is 134 Å². The van der Waals surface area contributed by atoms with Crippen molar-refractivity contribution in [2.75, 3.05) is 31.1 Å². The van der Waals surface area contributed by atoms with Crippen LogP contribution < -0.4 is 10.2 Å². The molecular weight excluding hydrogens is 282 g/mol. The lowest BCUT2D eigenvalue weighted by molar-refractivity contribution is 0.199. The smallest absolute Gasteiger partial charge is 0.0413 e. The Balaban J connectivity index is 2.15. The molecule has 1 heterocycles. The number of hydrogen-bond donors (Lipinski definition) is 1. The number of anilines is 1. The first-order valence-corrected chi connectivity index (χ1v) is 8.39. The molecule has 0 radical (unpaired) electrons. The van der Waals surface area contributed by atoms with Gasteiger partial charge in [0.15, 0.2) is 0 Å². The maximum Gasteiger partial charge on any atom is 0.0413 e. The molecule has 0 aromatic heterocycles. The van der Waals surface area contributed by atoms with Crippen LogP contribution in [0, 0.1) is 0 Å². The molecule has 0 amide bonds. The molecule has 3 nitrogen and oxygen atoms in total. The predicted molar refractivity (Wildman–Crippen MR) is 92.3 cm³/mol. The van der Waals surface area contributed by atoms with Crippen LogP contribution in [0.1, 0.15) is 33.3 Å². The second kappa shape index (κ2) is 7.48. The van der Waals surface area contributed by atoms with Crippen molar-refractivity contribution in [2.45, 2.75) is 46.3 Å². The van der Waals surface area contributed by atoms with Crippen molar-refractivity contribution in [3.63, 3.8) is 0 Å². The van der Waals surface area contributed by atoms with E-state index in [9.17, 15) is 0 Å². The highest BCUT2D eigenvalue weighted by molar-refractivity contribution is 6.30. The van der Waals surface area contributed by atoms with Gasteiger partial charge in [0.25, 0.3) is 0 Å². The van der Waals surface area contributed by atoms with E-state index in [0.29, 0.717) is 12.1 Å². The van der Waals surface area contributed by atoms with Gasteiger partial charge in [-0.3, -0.25) is 4.90 Å². The SMILES string of the molecule is CCN1CCN(c2ccc(Cl)cc2CNC(C)C)CC1C. The van der Waals surface area contributed by atoms with Gasteiger partial charge in [-0.25, -0.2) is 0 Å². The van der Waals surface area contributed by atoms with Gasteiger partial charge < -0.3 is 10.2 Å². The summed E-state index contributed by atoms with van der Waals surface area (Å²) in [7, 11) is 0. The van der Waals surface area contributed by atoms with Crippen molar-refractivity contribution in [3.8, 4) is 0 Å². The third-order valence-electron chi connectivity index (χ3n) is 4.25. The standard InChI is InChI=1S/C17H28ClN3/c1-5-20-8-9-21(12-14(20)4)17-7-6-16(18)10-15(17)11-19-13(2)3/h6-7,10,13-14,19H,5,8-9,11-12H2,1-4H3. The van der Waals surface area contributed by atoms with Gasteiger partial charge in [-0.15, -0.1) is 0 Å². The molecule has 4 heteroatoms. The molecule has 0 aliphatic carbocycles. The van der Waals surface area contributed by atoms with Crippen molar-refractivity contribution in [1.82, 2.24) is 10.2 Å². The van der Waals surface area contributed by atoms with Crippen LogP contribution in [0.25, 0.3) is 0 Å². The molecule has 1 atom stereocenters. The van der Waals surface area contributed by atoms with Crippen molar-refractivity contribution in [3.05, 3.63) is 28.8 Å². The van der Waals surface area contributed by atoms with Gasteiger partial charge in [0, 0.05) is 49.0 Å². The quantitative estimate of drug-likeness (QED) is 0.899. The van der Waals surface area contributed by atoms with E-state index in [4.69, 9.17) is 11.6 Å². The first-order valence-electron chi connectivity index (χ1n) is 8.02. The number of benzene rings is 1. The maximum atomic E-state index is 6.19. The Morgan fingerprint density at radius 2 is 2.10 bits per heavy atom. The van der Waals surface area contributed by atoms with Crippen molar-refractivity contribution in [1.29, 1.82) is 0 Å². The van der Waals surface area contributed by atoms with Crippen LogP contribution in [0.4, 0.5) is 5.69 Å². The maximum absolute atomic E-state index is 6.19. The summed E-state index contributed by atoms with van der Waals surface area (Å²) in [6.07, 6.45) is 0. The molecule has 2 rings (SSSR count). The summed E-state index contributed by atoms with van der Waals surface area (Å²) in [4.78, 5) is 5.04. The minimum Gasteiger partial charge on any atom is -0.368 e. The number of halogens is 1. The summed E-state index contributed by atoms with van der Waals surface area (Å²) in [6, 6.07) is 7.36. The molecule has 1 aromatic carbocycles.